The van der Waals surface area contributed by atoms with Gasteiger partial charge in [-0.15, -0.1) is 0 Å². The number of likely N-dealkylation sites (N-methyl/N-ethyl adjacent to an activating group) is 1. The van der Waals surface area contributed by atoms with Crippen LogP contribution in [0.15, 0.2) is 12.4 Å². The maximum absolute atomic E-state index is 5.79. The minimum absolute atomic E-state index is 0.127. The van der Waals surface area contributed by atoms with E-state index in [2.05, 4.69) is 21.9 Å². The van der Waals surface area contributed by atoms with Crippen LogP contribution in [0.3, 0.4) is 0 Å². The Balaban J connectivity index is 1.98. The Morgan fingerprint density at radius 3 is 2.47 bits per heavy atom. The largest absolute Gasteiger partial charge is 0.342 e. The fraction of sp³-hybridized carbons (Fsp3) is 0.714. The second-order valence-electron chi connectivity index (χ2n) is 5.75. The minimum atomic E-state index is 0.127. The predicted molar refractivity (Wildman–Crippen MR) is 78.4 cm³/mol. The average molecular weight is 263 g/mol. The molecule has 1 fully saturated rings. The molecule has 1 aliphatic heterocycles. The van der Waals surface area contributed by atoms with Crippen molar-refractivity contribution >= 4 is 5.95 Å². The van der Waals surface area contributed by atoms with Crippen LogP contribution in [0.1, 0.15) is 31.2 Å². The molecule has 2 heterocycles. The van der Waals surface area contributed by atoms with Crippen LogP contribution in [0.5, 0.6) is 0 Å². The van der Waals surface area contributed by atoms with Crippen LogP contribution >= 0.6 is 0 Å². The van der Waals surface area contributed by atoms with E-state index >= 15 is 0 Å². The number of nitrogens with zero attached hydrogens (tertiary/aromatic N) is 4. The Hall–Kier alpha value is -1.20. The van der Waals surface area contributed by atoms with Gasteiger partial charge in [0.05, 0.1) is 0 Å². The molecule has 106 valence electrons. The first-order chi connectivity index (χ1) is 9.06. The summed E-state index contributed by atoms with van der Waals surface area (Å²) in [5.41, 5.74) is 7.06. The zero-order valence-corrected chi connectivity index (χ0v) is 12.2. The third-order valence-corrected chi connectivity index (χ3v) is 3.75. The van der Waals surface area contributed by atoms with E-state index in [4.69, 9.17) is 5.73 Å². The molecule has 5 heteroatoms. The number of aromatic nitrogens is 2. The summed E-state index contributed by atoms with van der Waals surface area (Å²) in [6.07, 6.45) is 6.37. The highest BCUT2D eigenvalue weighted by Gasteiger charge is 2.19. The molecule has 2 rings (SSSR count). The SMILES string of the molecule is CC(N)CN(C)c1ncc(C2CCN(C)CC2)cn1. The standard InChI is InChI=1S/C14H25N5/c1-11(15)10-19(3)14-16-8-13(9-17-14)12-4-6-18(2)7-5-12/h8-9,11-12H,4-7,10,15H2,1-3H3. The van der Waals surface area contributed by atoms with E-state index in [0.29, 0.717) is 5.92 Å². The Labute approximate surface area is 115 Å². The lowest BCUT2D eigenvalue weighted by Gasteiger charge is -2.29. The molecule has 0 aromatic carbocycles. The van der Waals surface area contributed by atoms with Gasteiger partial charge in [0, 0.05) is 32.0 Å². The van der Waals surface area contributed by atoms with Crippen LogP contribution in [0, 0.1) is 0 Å². The molecule has 1 aliphatic rings. The minimum Gasteiger partial charge on any atom is -0.342 e. The second kappa shape index (κ2) is 6.30. The van der Waals surface area contributed by atoms with E-state index in [0.717, 1.165) is 25.6 Å². The van der Waals surface area contributed by atoms with Crippen LogP contribution in [0.2, 0.25) is 0 Å². The zero-order chi connectivity index (χ0) is 13.8. The molecular weight excluding hydrogens is 238 g/mol. The summed E-state index contributed by atoms with van der Waals surface area (Å²) in [6, 6.07) is 0.127. The van der Waals surface area contributed by atoms with E-state index in [1.807, 2.05) is 31.3 Å². The molecular formula is C14H25N5. The molecule has 0 amide bonds. The van der Waals surface area contributed by atoms with Crippen LogP contribution < -0.4 is 10.6 Å². The molecule has 2 N–H and O–H groups in total. The van der Waals surface area contributed by atoms with Gasteiger partial charge < -0.3 is 15.5 Å². The lowest BCUT2D eigenvalue weighted by Crippen LogP contribution is -2.33. The Kier molecular flexibility index (Phi) is 4.71. The normalized spacial score (nSPS) is 19.4. The van der Waals surface area contributed by atoms with Gasteiger partial charge >= 0.3 is 0 Å². The van der Waals surface area contributed by atoms with Crippen molar-refractivity contribution < 1.29 is 0 Å². The monoisotopic (exact) mass is 263 g/mol. The van der Waals surface area contributed by atoms with Crippen LogP contribution in [-0.2, 0) is 0 Å². The summed E-state index contributed by atoms with van der Waals surface area (Å²) >= 11 is 0. The summed E-state index contributed by atoms with van der Waals surface area (Å²) in [5.74, 6) is 1.37. The lowest BCUT2D eigenvalue weighted by molar-refractivity contribution is 0.255. The van der Waals surface area contributed by atoms with Crippen LogP contribution in [0.4, 0.5) is 5.95 Å². The second-order valence-corrected chi connectivity index (χ2v) is 5.75. The Morgan fingerprint density at radius 1 is 1.37 bits per heavy atom. The summed E-state index contributed by atoms with van der Waals surface area (Å²) in [5, 5.41) is 0. The number of nitrogens with two attached hydrogens (primary N) is 1. The van der Waals surface area contributed by atoms with E-state index in [9.17, 15) is 0 Å². The van der Waals surface area contributed by atoms with Crippen LogP contribution in [-0.4, -0.2) is 54.6 Å². The maximum atomic E-state index is 5.79. The number of piperidine rings is 1. The quantitative estimate of drug-likeness (QED) is 0.880. The fourth-order valence-electron chi connectivity index (χ4n) is 2.59. The first-order valence-electron chi connectivity index (χ1n) is 7.03. The average Bonchev–Trinajstić information content (AvgIpc) is 2.39. The third-order valence-electron chi connectivity index (χ3n) is 3.75. The number of hydrogen-bond acceptors (Lipinski definition) is 5. The highest BCUT2D eigenvalue weighted by Crippen LogP contribution is 2.26. The first kappa shape index (κ1) is 14.2. The number of anilines is 1. The van der Waals surface area contributed by atoms with Crippen molar-refractivity contribution in [3.63, 3.8) is 0 Å². The summed E-state index contributed by atoms with van der Waals surface area (Å²) in [7, 11) is 4.16. The fourth-order valence-corrected chi connectivity index (χ4v) is 2.59. The molecule has 1 aromatic heterocycles. The number of likely N-dealkylation sites (tertiary alicyclic amines) is 1. The summed E-state index contributed by atoms with van der Waals surface area (Å²) in [4.78, 5) is 13.3. The zero-order valence-electron chi connectivity index (χ0n) is 12.2. The van der Waals surface area contributed by atoms with Gasteiger partial charge in [-0.05, 0) is 51.4 Å². The smallest absolute Gasteiger partial charge is 0.225 e. The van der Waals surface area contributed by atoms with Crippen molar-refractivity contribution in [3.8, 4) is 0 Å². The molecule has 0 bridgehead atoms. The summed E-state index contributed by atoms with van der Waals surface area (Å²) in [6.45, 7) is 5.09. The molecule has 19 heavy (non-hydrogen) atoms. The van der Waals surface area contributed by atoms with E-state index < -0.39 is 0 Å². The van der Waals surface area contributed by atoms with Gasteiger partial charge in [-0.3, -0.25) is 0 Å². The van der Waals surface area contributed by atoms with E-state index in [1.54, 1.807) is 0 Å². The van der Waals surface area contributed by atoms with Crippen LogP contribution in [0.25, 0.3) is 0 Å². The molecule has 5 nitrogen and oxygen atoms in total. The molecule has 1 saturated heterocycles. The van der Waals surface area contributed by atoms with Gasteiger partial charge in [0.2, 0.25) is 5.95 Å². The third kappa shape index (κ3) is 3.88. The van der Waals surface area contributed by atoms with Gasteiger partial charge in [0.15, 0.2) is 0 Å². The van der Waals surface area contributed by atoms with Gasteiger partial charge in [0.1, 0.15) is 0 Å². The molecule has 1 unspecified atom stereocenters. The van der Waals surface area contributed by atoms with E-state index in [-0.39, 0.29) is 6.04 Å². The van der Waals surface area contributed by atoms with Gasteiger partial charge in [-0.2, -0.15) is 0 Å². The Bertz CT molecular complexity index is 381. The molecule has 0 spiro atoms. The summed E-state index contributed by atoms with van der Waals surface area (Å²) < 4.78 is 0. The van der Waals surface area contributed by atoms with Gasteiger partial charge in [-0.1, -0.05) is 0 Å². The molecule has 0 radical (unpaired) electrons. The molecule has 1 aromatic rings. The van der Waals surface area contributed by atoms with E-state index in [1.165, 1.54) is 18.4 Å². The van der Waals surface area contributed by atoms with Crippen molar-refractivity contribution in [1.82, 2.24) is 14.9 Å². The van der Waals surface area contributed by atoms with Gasteiger partial charge in [0.25, 0.3) is 0 Å². The number of rotatable bonds is 4. The topological polar surface area (TPSA) is 58.3 Å². The van der Waals surface area contributed by atoms with Crippen molar-refractivity contribution in [1.29, 1.82) is 0 Å². The van der Waals surface area contributed by atoms with Crippen molar-refractivity contribution in [2.45, 2.75) is 31.7 Å². The predicted octanol–water partition coefficient (Wildman–Crippen LogP) is 1.07. The maximum Gasteiger partial charge on any atom is 0.225 e. The highest BCUT2D eigenvalue weighted by molar-refractivity contribution is 5.29. The highest BCUT2D eigenvalue weighted by atomic mass is 15.2. The molecule has 0 saturated carbocycles. The molecule has 1 atom stereocenters. The number of hydrogen-bond donors (Lipinski definition) is 1. The first-order valence-corrected chi connectivity index (χ1v) is 7.03. The Morgan fingerprint density at radius 2 is 1.95 bits per heavy atom. The van der Waals surface area contributed by atoms with Crippen molar-refractivity contribution in [2.75, 3.05) is 38.6 Å². The van der Waals surface area contributed by atoms with Gasteiger partial charge in [-0.25, -0.2) is 9.97 Å². The van der Waals surface area contributed by atoms with Crippen molar-refractivity contribution in [2.24, 2.45) is 5.73 Å². The molecule has 0 aliphatic carbocycles. The van der Waals surface area contributed by atoms with Crippen molar-refractivity contribution in [3.05, 3.63) is 18.0 Å². The lowest BCUT2D eigenvalue weighted by atomic mass is 9.92.